The number of hydrogen-bond donors (Lipinski definition) is 1. The average Bonchev–Trinajstić information content (AvgIpc) is 3.26. The Morgan fingerprint density at radius 1 is 1.44 bits per heavy atom. The number of carbonyl (C=O) groups is 1. The fourth-order valence-electron chi connectivity index (χ4n) is 2.25. The van der Waals surface area contributed by atoms with Gasteiger partial charge in [-0.25, -0.2) is 4.98 Å². The van der Waals surface area contributed by atoms with E-state index in [-0.39, 0.29) is 5.91 Å². The lowest BCUT2D eigenvalue weighted by Crippen LogP contribution is -2.35. The van der Waals surface area contributed by atoms with E-state index in [1.165, 1.54) is 12.8 Å². The van der Waals surface area contributed by atoms with E-state index in [2.05, 4.69) is 4.98 Å². The highest BCUT2D eigenvalue weighted by atomic mass is 16.2. The summed E-state index contributed by atoms with van der Waals surface area (Å²) in [4.78, 5) is 18.7. The number of carbonyl (C=O) groups excluding carboxylic acids is 1. The van der Waals surface area contributed by atoms with Gasteiger partial charge >= 0.3 is 0 Å². The van der Waals surface area contributed by atoms with Crippen molar-refractivity contribution in [3.63, 3.8) is 0 Å². The fraction of sp³-hybridized carbons (Fsp3) is 0.692. The van der Waals surface area contributed by atoms with Gasteiger partial charge in [-0.2, -0.15) is 0 Å². The Bertz CT molecular complexity index is 434. The molecule has 0 aliphatic heterocycles. The first-order chi connectivity index (χ1) is 8.78. The van der Waals surface area contributed by atoms with Crippen molar-refractivity contribution in [3.8, 4) is 0 Å². The van der Waals surface area contributed by atoms with Crippen LogP contribution < -0.4 is 5.73 Å². The molecule has 5 heteroatoms. The Morgan fingerprint density at radius 3 is 2.83 bits per heavy atom. The molecule has 0 bridgehead atoms. The van der Waals surface area contributed by atoms with Crippen molar-refractivity contribution in [2.75, 3.05) is 13.1 Å². The Balaban J connectivity index is 1.69. The molecule has 2 saturated carbocycles. The van der Waals surface area contributed by atoms with E-state index < -0.39 is 0 Å². The van der Waals surface area contributed by atoms with Crippen LogP contribution in [0.3, 0.4) is 0 Å². The summed E-state index contributed by atoms with van der Waals surface area (Å²) in [5, 5.41) is 0. The van der Waals surface area contributed by atoms with Crippen LogP contribution in [0.15, 0.2) is 12.5 Å². The maximum Gasteiger partial charge on any atom is 0.274 e. The lowest BCUT2D eigenvalue weighted by atomic mass is 10.3. The topological polar surface area (TPSA) is 64.2 Å². The Hall–Kier alpha value is -1.36. The average molecular weight is 248 g/mol. The summed E-state index contributed by atoms with van der Waals surface area (Å²) in [6, 6.07) is 0.470. The van der Waals surface area contributed by atoms with Crippen molar-refractivity contribution in [2.45, 2.75) is 38.3 Å². The normalized spacial score (nSPS) is 18.9. The van der Waals surface area contributed by atoms with Gasteiger partial charge in [0.05, 0.1) is 6.33 Å². The summed E-state index contributed by atoms with van der Waals surface area (Å²) in [5.41, 5.74) is 6.06. The van der Waals surface area contributed by atoms with Crippen LogP contribution in [0.4, 0.5) is 0 Å². The summed E-state index contributed by atoms with van der Waals surface area (Å²) >= 11 is 0. The van der Waals surface area contributed by atoms with Crippen molar-refractivity contribution in [2.24, 2.45) is 11.7 Å². The lowest BCUT2D eigenvalue weighted by Gasteiger charge is -2.21. The minimum Gasteiger partial charge on any atom is -0.335 e. The minimum absolute atomic E-state index is 0.0974. The van der Waals surface area contributed by atoms with Crippen LogP contribution >= 0.6 is 0 Å². The highest BCUT2D eigenvalue weighted by molar-refractivity contribution is 5.92. The number of nitrogens with zero attached hydrogens (tertiary/aromatic N) is 3. The summed E-state index contributed by atoms with van der Waals surface area (Å²) in [6.45, 7) is 2.21. The Morgan fingerprint density at radius 2 is 2.22 bits per heavy atom. The number of aromatic nitrogens is 2. The largest absolute Gasteiger partial charge is 0.335 e. The van der Waals surface area contributed by atoms with Gasteiger partial charge in [-0.3, -0.25) is 4.79 Å². The van der Waals surface area contributed by atoms with Gasteiger partial charge in [0.15, 0.2) is 0 Å². The Labute approximate surface area is 107 Å². The van der Waals surface area contributed by atoms with E-state index in [0.717, 1.165) is 25.3 Å². The monoisotopic (exact) mass is 248 g/mol. The van der Waals surface area contributed by atoms with E-state index >= 15 is 0 Å². The van der Waals surface area contributed by atoms with Gasteiger partial charge < -0.3 is 15.2 Å². The molecule has 0 unspecified atom stereocenters. The van der Waals surface area contributed by atoms with E-state index in [1.807, 2.05) is 15.7 Å². The van der Waals surface area contributed by atoms with E-state index in [9.17, 15) is 4.79 Å². The summed E-state index contributed by atoms with van der Waals surface area (Å²) in [6.07, 6.45) is 8.37. The molecule has 18 heavy (non-hydrogen) atoms. The molecule has 0 radical (unpaired) electrons. The van der Waals surface area contributed by atoms with Crippen molar-refractivity contribution in [1.29, 1.82) is 0 Å². The maximum absolute atomic E-state index is 12.4. The quantitative estimate of drug-likeness (QED) is 0.812. The molecule has 98 valence electrons. The van der Waals surface area contributed by atoms with Crippen LogP contribution in [-0.4, -0.2) is 39.5 Å². The van der Waals surface area contributed by atoms with Crippen LogP contribution in [0, 0.1) is 5.92 Å². The number of imidazole rings is 1. The van der Waals surface area contributed by atoms with Gasteiger partial charge in [0.1, 0.15) is 5.69 Å². The van der Waals surface area contributed by atoms with Crippen molar-refractivity contribution < 1.29 is 4.79 Å². The second-order valence-corrected chi connectivity index (χ2v) is 5.42. The molecule has 2 aliphatic rings. The molecule has 0 atom stereocenters. The molecule has 0 saturated heterocycles. The van der Waals surface area contributed by atoms with Gasteiger partial charge in [0, 0.05) is 31.9 Å². The molecular formula is C13H20N4O. The van der Waals surface area contributed by atoms with Gasteiger partial charge in [-0.15, -0.1) is 0 Å². The first-order valence-electron chi connectivity index (χ1n) is 6.80. The predicted octanol–water partition coefficient (Wildman–Crippen LogP) is 0.856. The van der Waals surface area contributed by atoms with Crippen LogP contribution in [0.25, 0.3) is 0 Å². The fourth-order valence-corrected chi connectivity index (χ4v) is 2.25. The zero-order chi connectivity index (χ0) is 12.5. The molecule has 2 fully saturated rings. The second kappa shape index (κ2) is 4.72. The maximum atomic E-state index is 12.4. The van der Waals surface area contributed by atoms with Crippen LogP contribution in [0.1, 0.15) is 36.2 Å². The summed E-state index contributed by atoms with van der Waals surface area (Å²) < 4.78 is 1.88. The van der Waals surface area contributed by atoms with Crippen LogP contribution in [0.5, 0.6) is 0 Å². The zero-order valence-electron chi connectivity index (χ0n) is 10.6. The second-order valence-electron chi connectivity index (χ2n) is 5.42. The van der Waals surface area contributed by atoms with E-state index in [1.54, 1.807) is 6.33 Å². The molecule has 1 aromatic rings. The number of rotatable bonds is 6. The van der Waals surface area contributed by atoms with Crippen molar-refractivity contribution in [3.05, 3.63) is 18.2 Å². The van der Waals surface area contributed by atoms with Gasteiger partial charge in [-0.1, -0.05) is 0 Å². The molecular weight excluding hydrogens is 228 g/mol. The van der Waals surface area contributed by atoms with Gasteiger partial charge in [-0.05, 0) is 31.6 Å². The molecule has 3 rings (SSSR count). The predicted molar refractivity (Wildman–Crippen MR) is 68.1 cm³/mol. The first kappa shape index (κ1) is 11.7. The van der Waals surface area contributed by atoms with Crippen LogP contribution in [0.2, 0.25) is 0 Å². The number of nitrogens with two attached hydrogens (primary N) is 1. The molecule has 0 spiro atoms. The highest BCUT2D eigenvalue weighted by Crippen LogP contribution is 2.35. The smallest absolute Gasteiger partial charge is 0.274 e. The SMILES string of the molecule is NCCn1cnc(C(=O)N(CC2CC2)C2CC2)c1. The third-order valence-electron chi connectivity index (χ3n) is 3.64. The van der Waals surface area contributed by atoms with E-state index in [4.69, 9.17) is 5.73 Å². The highest BCUT2D eigenvalue weighted by Gasteiger charge is 2.37. The molecule has 2 aliphatic carbocycles. The van der Waals surface area contributed by atoms with Gasteiger partial charge in [0.2, 0.25) is 0 Å². The summed E-state index contributed by atoms with van der Waals surface area (Å²) in [5.74, 6) is 0.834. The molecule has 2 N–H and O–H groups in total. The number of amides is 1. The number of hydrogen-bond acceptors (Lipinski definition) is 3. The minimum atomic E-state index is 0.0974. The molecule has 1 aromatic heterocycles. The lowest BCUT2D eigenvalue weighted by molar-refractivity contribution is 0.0729. The molecule has 0 aromatic carbocycles. The summed E-state index contributed by atoms with van der Waals surface area (Å²) in [7, 11) is 0. The molecule has 5 nitrogen and oxygen atoms in total. The molecule has 1 amide bonds. The van der Waals surface area contributed by atoms with Crippen LogP contribution in [-0.2, 0) is 6.54 Å². The van der Waals surface area contributed by atoms with Crippen molar-refractivity contribution >= 4 is 5.91 Å². The zero-order valence-corrected chi connectivity index (χ0v) is 10.6. The third kappa shape index (κ3) is 2.56. The molecule has 1 heterocycles. The van der Waals surface area contributed by atoms with Gasteiger partial charge in [0.25, 0.3) is 5.91 Å². The standard InChI is InChI=1S/C13H20N4O/c14-5-6-16-8-12(15-9-16)13(18)17(11-3-4-11)7-10-1-2-10/h8-11H,1-7,14H2. The Kier molecular flexibility index (Phi) is 3.07. The third-order valence-corrected chi connectivity index (χ3v) is 3.64. The van der Waals surface area contributed by atoms with Crippen molar-refractivity contribution in [1.82, 2.24) is 14.5 Å². The first-order valence-corrected chi connectivity index (χ1v) is 6.80. The van der Waals surface area contributed by atoms with E-state index in [0.29, 0.717) is 24.8 Å².